The van der Waals surface area contributed by atoms with Crippen molar-refractivity contribution in [2.75, 3.05) is 13.7 Å². The first-order chi connectivity index (χ1) is 10.1. The van der Waals surface area contributed by atoms with Gasteiger partial charge in [-0.1, -0.05) is 27.5 Å². The van der Waals surface area contributed by atoms with Crippen LogP contribution in [-0.2, 0) is 4.79 Å². The summed E-state index contributed by atoms with van der Waals surface area (Å²) >= 11 is 9.24. The van der Waals surface area contributed by atoms with Crippen LogP contribution in [0.2, 0.25) is 5.02 Å². The lowest BCUT2D eigenvalue weighted by molar-refractivity contribution is -0.136. The molecular weight excluding hydrogens is 360 g/mol. The fraction of sp³-hybridized carbons (Fsp3) is 0.133. The molecule has 0 atom stereocenters. The maximum atomic E-state index is 11.7. The van der Waals surface area contributed by atoms with Gasteiger partial charge < -0.3 is 14.2 Å². The molecule has 0 unspecified atom stereocenters. The van der Waals surface area contributed by atoms with E-state index in [1.165, 1.54) is 0 Å². The summed E-state index contributed by atoms with van der Waals surface area (Å²) in [6, 6.07) is 11.9. The van der Waals surface area contributed by atoms with E-state index in [1.807, 2.05) is 0 Å². The number of carbonyl (C=O) groups is 1. The van der Waals surface area contributed by atoms with E-state index in [4.69, 9.17) is 25.8 Å². The van der Waals surface area contributed by atoms with Crippen molar-refractivity contribution >= 4 is 33.5 Å². The van der Waals surface area contributed by atoms with E-state index in [-0.39, 0.29) is 6.61 Å². The molecule has 2 rings (SSSR count). The molecule has 0 N–H and O–H groups in total. The van der Waals surface area contributed by atoms with Gasteiger partial charge in [0.05, 0.1) is 12.1 Å². The topological polar surface area (TPSA) is 44.8 Å². The van der Waals surface area contributed by atoms with Crippen molar-refractivity contribution in [1.82, 2.24) is 0 Å². The van der Waals surface area contributed by atoms with Crippen LogP contribution in [0, 0.1) is 0 Å². The molecule has 110 valence electrons. The smallest absolute Gasteiger partial charge is 0.349 e. The van der Waals surface area contributed by atoms with Gasteiger partial charge in [0.2, 0.25) is 0 Å². The third-order valence-electron chi connectivity index (χ3n) is 2.53. The Balaban J connectivity index is 1.89. The quantitative estimate of drug-likeness (QED) is 0.586. The molecule has 0 aliphatic heterocycles. The zero-order valence-corrected chi connectivity index (χ0v) is 13.5. The van der Waals surface area contributed by atoms with Gasteiger partial charge in [0.15, 0.2) is 6.61 Å². The number of carbonyl (C=O) groups excluding carboxylic acids is 1. The van der Waals surface area contributed by atoms with Crippen molar-refractivity contribution in [3.8, 4) is 17.2 Å². The predicted molar refractivity (Wildman–Crippen MR) is 83.3 cm³/mol. The zero-order valence-electron chi connectivity index (χ0n) is 11.1. The van der Waals surface area contributed by atoms with E-state index < -0.39 is 5.97 Å². The molecule has 2 aromatic rings. The number of halogens is 2. The van der Waals surface area contributed by atoms with Gasteiger partial charge in [-0.2, -0.15) is 0 Å². The van der Waals surface area contributed by atoms with E-state index in [0.717, 1.165) is 4.47 Å². The number of ether oxygens (including phenoxy) is 3. The molecule has 0 saturated carbocycles. The molecule has 0 amide bonds. The molecule has 0 heterocycles. The first-order valence-corrected chi connectivity index (χ1v) is 7.18. The van der Waals surface area contributed by atoms with Crippen molar-refractivity contribution in [2.24, 2.45) is 0 Å². The van der Waals surface area contributed by atoms with Crippen molar-refractivity contribution in [2.45, 2.75) is 0 Å². The van der Waals surface area contributed by atoms with Crippen LogP contribution in [0.25, 0.3) is 0 Å². The monoisotopic (exact) mass is 370 g/mol. The fourth-order valence-electron chi connectivity index (χ4n) is 1.52. The van der Waals surface area contributed by atoms with Crippen molar-refractivity contribution in [3.05, 3.63) is 52.0 Å². The average molecular weight is 372 g/mol. The van der Waals surface area contributed by atoms with Gasteiger partial charge in [-0.15, -0.1) is 0 Å². The van der Waals surface area contributed by atoms with E-state index in [9.17, 15) is 4.79 Å². The van der Waals surface area contributed by atoms with Gasteiger partial charge in [-0.05, 0) is 42.5 Å². The van der Waals surface area contributed by atoms with Crippen molar-refractivity contribution in [3.63, 3.8) is 0 Å². The third-order valence-corrected chi connectivity index (χ3v) is 3.32. The highest BCUT2D eigenvalue weighted by Gasteiger charge is 2.09. The molecule has 0 fully saturated rings. The predicted octanol–water partition coefficient (Wildman–Crippen LogP) is 4.10. The van der Waals surface area contributed by atoms with Gasteiger partial charge in [-0.25, -0.2) is 4.79 Å². The molecule has 0 aromatic heterocycles. The van der Waals surface area contributed by atoms with Crippen molar-refractivity contribution in [1.29, 1.82) is 0 Å². The van der Waals surface area contributed by atoms with Gasteiger partial charge in [0, 0.05) is 4.47 Å². The first-order valence-electron chi connectivity index (χ1n) is 6.01. The highest BCUT2D eigenvalue weighted by atomic mass is 79.9. The van der Waals surface area contributed by atoms with Gasteiger partial charge in [0.1, 0.15) is 17.2 Å². The molecule has 21 heavy (non-hydrogen) atoms. The molecule has 0 radical (unpaired) electrons. The van der Waals surface area contributed by atoms with E-state index >= 15 is 0 Å². The molecular formula is C15H12BrClO4. The van der Waals surface area contributed by atoms with Crippen LogP contribution in [0.15, 0.2) is 46.9 Å². The highest BCUT2D eigenvalue weighted by Crippen LogP contribution is 2.27. The summed E-state index contributed by atoms with van der Waals surface area (Å²) in [4.78, 5) is 11.7. The second-order valence-electron chi connectivity index (χ2n) is 4.01. The van der Waals surface area contributed by atoms with Gasteiger partial charge >= 0.3 is 5.97 Å². The number of benzene rings is 2. The Morgan fingerprint density at radius 2 is 1.81 bits per heavy atom. The second-order valence-corrected chi connectivity index (χ2v) is 5.34. The molecule has 4 nitrogen and oxygen atoms in total. The van der Waals surface area contributed by atoms with Crippen LogP contribution in [0.1, 0.15) is 0 Å². The van der Waals surface area contributed by atoms with Crippen LogP contribution < -0.4 is 14.2 Å². The summed E-state index contributed by atoms with van der Waals surface area (Å²) in [5, 5.41) is 0.349. The normalized spacial score (nSPS) is 10.0. The Kier molecular flexibility index (Phi) is 5.47. The lowest BCUT2D eigenvalue weighted by Crippen LogP contribution is -2.17. The summed E-state index contributed by atoms with van der Waals surface area (Å²) in [5.41, 5.74) is 0. The van der Waals surface area contributed by atoms with Gasteiger partial charge in [0.25, 0.3) is 0 Å². The van der Waals surface area contributed by atoms with Crippen LogP contribution in [-0.4, -0.2) is 19.7 Å². The van der Waals surface area contributed by atoms with E-state index in [2.05, 4.69) is 15.9 Å². The summed E-state index contributed by atoms with van der Waals surface area (Å²) in [7, 11) is 1.58. The summed E-state index contributed by atoms with van der Waals surface area (Å²) in [5.74, 6) is 1.03. The molecule has 0 aliphatic rings. The Morgan fingerprint density at radius 1 is 1.14 bits per heavy atom. The standard InChI is InChI=1S/C15H12BrClO4/c1-19-11-3-5-12(6-4-11)20-9-15(18)21-14-7-2-10(16)8-13(14)17/h2-8H,9H2,1H3. The van der Waals surface area contributed by atoms with E-state index in [1.54, 1.807) is 49.6 Å². The van der Waals surface area contributed by atoms with Gasteiger partial charge in [-0.3, -0.25) is 0 Å². The van der Waals surface area contributed by atoms with Crippen LogP contribution in [0.3, 0.4) is 0 Å². The molecule has 0 spiro atoms. The minimum Gasteiger partial charge on any atom is -0.497 e. The minimum atomic E-state index is -0.532. The third kappa shape index (κ3) is 4.65. The second kappa shape index (κ2) is 7.33. The molecule has 6 heteroatoms. The fourth-order valence-corrected chi connectivity index (χ4v) is 2.24. The number of hydrogen-bond donors (Lipinski definition) is 0. The Labute approximate surface area is 135 Å². The van der Waals surface area contributed by atoms with Crippen LogP contribution in [0.5, 0.6) is 17.2 Å². The Morgan fingerprint density at radius 3 is 2.43 bits per heavy atom. The number of hydrogen-bond acceptors (Lipinski definition) is 4. The minimum absolute atomic E-state index is 0.210. The number of esters is 1. The first kappa shape index (κ1) is 15.7. The van der Waals surface area contributed by atoms with Crippen LogP contribution >= 0.6 is 27.5 Å². The molecule has 2 aromatic carbocycles. The molecule has 0 saturated heterocycles. The van der Waals surface area contributed by atoms with Crippen molar-refractivity contribution < 1.29 is 19.0 Å². The van der Waals surface area contributed by atoms with E-state index in [0.29, 0.717) is 22.3 Å². The SMILES string of the molecule is COc1ccc(OCC(=O)Oc2ccc(Br)cc2Cl)cc1. The highest BCUT2D eigenvalue weighted by molar-refractivity contribution is 9.10. The maximum Gasteiger partial charge on any atom is 0.349 e. The number of rotatable bonds is 5. The number of methoxy groups -OCH3 is 1. The van der Waals surface area contributed by atoms with Crippen LogP contribution in [0.4, 0.5) is 0 Å². The Bertz CT molecular complexity index is 628. The zero-order chi connectivity index (χ0) is 15.2. The molecule has 0 aliphatic carbocycles. The summed E-state index contributed by atoms with van der Waals surface area (Å²) in [6.07, 6.45) is 0. The Hall–Kier alpha value is -1.72. The summed E-state index contributed by atoms with van der Waals surface area (Å²) in [6.45, 7) is -0.210. The largest absolute Gasteiger partial charge is 0.497 e. The maximum absolute atomic E-state index is 11.7. The summed E-state index contributed by atoms with van der Waals surface area (Å²) < 4.78 is 16.3. The molecule has 0 bridgehead atoms. The average Bonchev–Trinajstić information content (AvgIpc) is 2.48. The lowest BCUT2D eigenvalue weighted by atomic mass is 10.3. The lowest BCUT2D eigenvalue weighted by Gasteiger charge is -2.08.